The number of halogens is 1. The SMILES string of the molecule is COc1c(C)[c][n+]([O-])c(Cl)c1C. The normalized spacial score (nSPS) is 10.0. The van der Waals surface area contributed by atoms with Crippen LogP contribution in [0.3, 0.4) is 0 Å². The van der Waals surface area contributed by atoms with Gasteiger partial charge in [0.05, 0.1) is 18.2 Å². The number of hydrogen-bond donors (Lipinski definition) is 0. The highest BCUT2D eigenvalue weighted by Gasteiger charge is 2.15. The number of methoxy groups -OCH3 is 1. The van der Waals surface area contributed by atoms with Crippen LogP contribution in [0.1, 0.15) is 11.1 Å². The first kappa shape index (κ1) is 9.13. The lowest BCUT2D eigenvalue weighted by Gasteiger charge is -2.07. The van der Waals surface area contributed by atoms with Gasteiger partial charge >= 0.3 is 0 Å². The highest BCUT2D eigenvalue weighted by atomic mass is 35.5. The maximum absolute atomic E-state index is 11.0. The Morgan fingerprint density at radius 3 is 2.58 bits per heavy atom. The predicted octanol–water partition coefficient (Wildman–Crippen LogP) is 1.40. The first-order valence-corrected chi connectivity index (χ1v) is 3.81. The van der Waals surface area contributed by atoms with Gasteiger partial charge in [-0.15, -0.1) is 4.73 Å². The summed E-state index contributed by atoms with van der Waals surface area (Å²) < 4.78 is 5.55. The molecule has 3 nitrogen and oxygen atoms in total. The van der Waals surface area contributed by atoms with Gasteiger partial charge in [-0.2, -0.15) is 0 Å². The van der Waals surface area contributed by atoms with Gasteiger partial charge in [-0.3, -0.25) is 0 Å². The van der Waals surface area contributed by atoms with Crippen LogP contribution in [0.4, 0.5) is 0 Å². The highest BCUT2D eigenvalue weighted by Crippen LogP contribution is 2.24. The maximum atomic E-state index is 11.0. The third-order valence-electron chi connectivity index (χ3n) is 1.64. The zero-order valence-corrected chi connectivity index (χ0v) is 7.90. The minimum Gasteiger partial charge on any atom is -0.617 e. The number of rotatable bonds is 1. The lowest BCUT2D eigenvalue weighted by Crippen LogP contribution is -2.29. The van der Waals surface area contributed by atoms with Crippen molar-refractivity contribution in [3.63, 3.8) is 0 Å². The van der Waals surface area contributed by atoms with Gasteiger partial charge < -0.3 is 9.94 Å². The van der Waals surface area contributed by atoms with E-state index in [2.05, 4.69) is 6.20 Å². The fraction of sp³-hybridized carbons (Fsp3) is 0.375. The van der Waals surface area contributed by atoms with Gasteiger partial charge in [0.1, 0.15) is 5.75 Å². The minimum atomic E-state index is 0.109. The van der Waals surface area contributed by atoms with Crippen molar-refractivity contribution >= 4 is 11.6 Å². The van der Waals surface area contributed by atoms with Crippen LogP contribution in [0.25, 0.3) is 0 Å². The molecule has 1 aromatic heterocycles. The fourth-order valence-corrected chi connectivity index (χ4v) is 1.21. The number of nitrogens with zero attached hydrogens (tertiary/aromatic N) is 1. The molecule has 0 saturated heterocycles. The Morgan fingerprint density at radius 2 is 2.08 bits per heavy atom. The van der Waals surface area contributed by atoms with E-state index in [1.165, 1.54) is 7.11 Å². The molecule has 1 heterocycles. The molecule has 1 rings (SSSR count). The topological polar surface area (TPSA) is 36.2 Å². The molecule has 1 aromatic rings. The number of hydrogen-bond acceptors (Lipinski definition) is 2. The fourth-order valence-electron chi connectivity index (χ4n) is 1.09. The Hall–Kier alpha value is -0.960. The molecule has 4 heteroatoms. The van der Waals surface area contributed by atoms with E-state index in [0.29, 0.717) is 21.6 Å². The predicted molar refractivity (Wildman–Crippen MR) is 45.3 cm³/mol. The van der Waals surface area contributed by atoms with Crippen molar-refractivity contribution in [1.29, 1.82) is 0 Å². The molecule has 0 bridgehead atoms. The lowest BCUT2D eigenvalue weighted by atomic mass is 10.2. The summed E-state index contributed by atoms with van der Waals surface area (Å²) in [6.45, 7) is 3.48. The van der Waals surface area contributed by atoms with Gasteiger partial charge in [0.2, 0.25) is 0 Å². The minimum absolute atomic E-state index is 0.109. The summed E-state index contributed by atoms with van der Waals surface area (Å²) >= 11 is 5.67. The smallest absolute Gasteiger partial charge is 0.298 e. The van der Waals surface area contributed by atoms with Crippen LogP contribution in [-0.4, -0.2) is 7.11 Å². The van der Waals surface area contributed by atoms with Gasteiger partial charge in [-0.1, -0.05) is 0 Å². The Balaban J connectivity index is 3.40. The van der Waals surface area contributed by atoms with E-state index >= 15 is 0 Å². The van der Waals surface area contributed by atoms with Crippen LogP contribution < -0.4 is 9.47 Å². The number of aromatic nitrogens is 1. The molecule has 0 amide bonds. The van der Waals surface area contributed by atoms with Gasteiger partial charge in [0.25, 0.3) is 11.3 Å². The van der Waals surface area contributed by atoms with Crippen molar-refractivity contribution in [3.05, 3.63) is 27.7 Å². The number of pyridine rings is 1. The van der Waals surface area contributed by atoms with Crippen LogP contribution in [0.15, 0.2) is 0 Å². The van der Waals surface area contributed by atoms with Crippen molar-refractivity contribution in [2.24, 2.45) is 0 Å². The second-order valence-electron chi connectivity index (χ2n) is 2.48. The molecule has 0 saturated carbocycles. The quantitative estimate of drug-likeness (QED) is 0.378. The van der Waals surface area contributed by atoms with E-state index in [1.54, 1.807) is 13.8 Å². The van der Waals surface area contributed by atoms with E-state index in [1.807, 2.05) is 0 Å². The molecule has 0 N–H and O–H groups in total. The molecule has 0 fully saturated rings. The van der Waals surface area contributed by atoms with Crippen LogP contribution in [0, 0.1) is 25.3 Å². The molecular weight excluding hydrogens is 178 g/mol. The van der Waals surface area contributed by atoms with Crippen molar-refractivity contribution < 1.29 is 9.47 Å². The first-order chi connectivity index (χ1) is 5.57. The molecule has 65 valence electrons. The molecule has 0 aliphatic heterocycles. The zero-order chi connectivity index (χ0) is 9.30. The Bertz CT molecular complexity index is 312. The van der Waals surface area contributed by atoms with E-state index < -0.39 is 0 Å². The van der Waals surface area contributed by atoms with E-state index in [0.717, 1.165) is 0 Å². The van der Waals surface area contributed by atoms with Crippen LogP contribution in [0.5, 0.6) is 5.75 Å². The Labute approximate surface area is 76.1 Å². The van der Waals surface area contributed by atoms with Crippen LogP contribution in [0.2, 0.25) is 5.15 Å². The molecule has 0 spiro atoms. The summed E-state index contributed by atoms with van der Waals surface area (Å²) in [4.78, 5) is 0. The van der Waals surface area contributed by atoms with Gasteiger partial charge in [-0.05, 0) is 25.4 Å². The third kappa shape index (κ3) is 1.32. The van der Waals surface area contributed by atoms with Crippen molar-refractivity contribution in [1.82, 2.24) is 0 Å². The summed E-state index contributed by atoms with van der Waals surface area (Å²) in [6, 6.07) is 0. The Morgan fingerprint density at radius 1 is 1.50 bits per heavy atom. The number of aryl methyl sites for hydroxylation is 1. The first-order valence-electron chi connectivity index (χ1n) is 3.43. The van der Waals surface area contributed by atoms with E-state index in [9.17, 15) is 5.21 Å². The standard InChI is InChI=1S/C8H9ClNO2/c1-5-4-10(11)8(9)6(2)7(5)12-3/h1-3H3. The van der Waals surface area contributed by atoms with Gasteiger partial charge in [0.15, 0.2) is 0 Å². The highest BCUT2D eigenvalue weighted by molar-refractivity contribution is 6.29. The molecule has 12 heavy (non-hydrogen) atoms. The average molecular weight is 187 g/mol. The molecule has 0 aliphatic rings. The van der Waals surface area contributed by atoms with Crippen molar-refractivity contribution in [2.45, 2.75) is 13.8 Å². The zero-order valence-electron chi connectivity index (χ0n) is 7.14. The van der Waals surface area contributed by atoms with Gasteiger partial charge in [-0.25, -0.2) is 0 Å². The van der Waals surface area contributed by atoms with E-state index in [-0.39, 0.29) is 5.15 Å². The summed E-state index contributed by atoms with van der Waals surface area (Å²) in [5, 5.41) is 11.1. The third-order valence-corrected chi connectivity index (χ3v) is 2.08. The molecule has 1 radical (unpaired) electrons. The molecular formula is C8H9ClNO2. The van der Waals surface area contributed by atoms with Crippen molar-refractivity contribution in [3.8, 4) is 5.75 Å². The lowest BCUT2D eigenvalue weighted by molar-refractivity contribution is -0.608. The Kier molecular flexibility index (Phi) is 2.43. The summed E-state index contributed by atoms with van der Waals surface area (Å²) in [5.74, 6) is 0.618. The van der Waals surface area contributed by atoms with Crippen LogP contribution >= 0.6 is 11.6 Å². The average Bonchev–Trinajstić information content (AvgIpc) is 2.01. The largest absolute Gasteiger partial charge is 0.617 e. The summed E-state index contributed by atoms with van der Waals surface area (Å²) in [7, 11) is 1.54. The van der Waals surface area contributed by atoms with Crippen molar-refractivity contribution in [2.75, 3.05) is 7.11 Å². The molecule has 0 aliphatic carbocycles. The molecule has 0 aromatic carbocycles. The number of ether oxygens (including phenoxy) is 1. The van der Waals surface area contributed by atoms with Gasteiger partial charge in [0, 0.05) is 0 Å². The molecule has 0 unspecified atom stereocenters. The second-order valence-corrected chi connectivity index (χ2v) is 2.84. The van der Waals surface area contributed by atoms with Crippen LogP contribution in [-0.2, 0) is 0 Å². The summed E-state index contributed by atoms with van der Waals surface area (Å²) in [6.07, 6.45) is 2.50. The van der Waals surface area contributed by atoms with E-state index in [4.69, 9.17) is 16.3 Å². The molecule has 0 atom stereocenters. The summed E-state index contributed by atoms with van der Waals surface area (Å²) in [5.41, 5.74) is 1.31. The monoisotopic (exact) mass is 186 g/mol. The maximum Gasteiger partial charge on any atom is 0.298 e. The second kappa shape index (κ2) is 3.19.